The lowest BCUT2D eigenvalue weighted by molar-refractivity contribution is -0.289. The van der Waals surface area contributed by atoms with Crippen LogP contribution in [0.1, 0.15) is 85.8 Å². The van der Waals surface area contributed by atoms with Crippen molar-refractivity contribution in [3.8, 4) is 0 Å². The summed E-state index contributed by atoms with van der Waals surface area (Å²) in [5, 5.41) is 0. The lowest BCUT2D eigenvalue weighted by atomic mass is 9.67. The Hall–Kier alpha value is -3.92. The van der Waals surface area contributed by atoms with Crippen molar-refractivity contribution in [2.24, 2.45) is 5.41 Å². The van der Waals surface area contributed by atoms with Crippen LogP contribution in [0.15, 0.2) is 83.9 Å². The molecule has 0 N–H and O–H groups in total. The predicted octanol–water partition coefficient (Wildman–Crippen LogP) is 7.69. The van der Waals surface area contributed by atoms with E-state index in [1.54, 1.807) is 0 Å². The zero-order chi connectivity index (χ0) is 27.4. The highest BCUT2D eigenvalue weighted by Crippen LogP contribution is 2.64. The van der Waals surface area contributed by atoms with Gasteiger partial charge < -0.3 is 9.47 Å². The van der Waals surface area contributed by atoms with Gasteiger partial charge in [-0.25, -0.2) is 9.59 Å². The van der Waals surface area contributed by atoms with Crippen LogP contribution in [-0.4, -0.2) is 11.9 Å². The fraction of sp³-hybridized carbons (Fsp3) is 0.314. The highest BCUT2D eigenvalue weighted by molar-refractivity contribution is 5.98. The van der Waals surface area contributed by atoms with Crippen molar-refractivity contribution >= 4 is 24.1 Å². The summed E-state index contributed by atoms with van der Waals surface area (Å²) >= 11 is 0. The van der Waals surface area contributed by atoms with E-state index in [9.17, 15) is 9.59 Å². The van der Waals surface area contributed by atoms with Gasteiger partial charge in [0.15, 0.2) is 0 Å². The topological polar surface area (TPSA) is 52.6 Å². The fourth-order valence-corrected chi connectivity index (χ4v) is 6.37. The molecule has 1 aliphatic carbocycles. The van der Waals surface area contributed by atoms with Crippen LogP contribution in [0.2, 0.25) is 0 Å². The molecule has 2 heterocycles. The number of rotatable bonds is 4. The number of esters is 2. The average Bonchev–Trinajstić information content (AvgIpc) is 3.18. The molecule has 198 valence electrons. The van der Waals surface area contributed by atoms with Crippen molar-refractivity contribution in [3.63, 3.8) is 0 Å². The Morgan fingerprint density at radius 3 is 1.56 bits per heavy atom. The molecule has 0 saturated carbocycles. The van der Waals surface area contributed by atoms with Crippen molar-refractivity contribution in [1.82, 2.24) is 0 Å². The highest BCUT2D eigenvalue weighted by atomic mass is 16.7. The van der Waals surface area contributed by atoms with Crippen LogP contribution >= 0.6 is 0 Å². The Labute approximate surface area is 230 Å². The standard InChI is InChI=1S/C35H34O4/c1-22(2)26-13-9-24(10-14-26)17-29-20-34-19-28-7-5-6-8-31(28)35(34,38-32(29)36)39-33(37)30(21-34)18-25-11-15-27(16-12-25)23(3)4/h5-18,22-23H,19-21H2,1-4H3/b29-17+,30-18+. The molecule has 0 amide bonds. The van der Waals surface area contributed by atoms with E-state index < -0.39 is 23.1 Å². The summed E-state index contributed by atoms with van der Waals surface area (Å²) in [4.78, 5) is 26.9. The fourth-order valence-electron chi connectivity index (χ4n) is 6.37. The number of ether oxygens (including phenoxy) is 2. The minimum Gasteiger partial charge on any atom is -0.414 e. The molecular formula is C35H34O4. The molecular weight excluding hydrogens is 484 g/mol. The number of hydrogen-bond acceptors (Lipinski definition) is 4. The van der Waals surface area contributed by atoms with Crippen LogP contribution in [0.3, 0.4) is 0 Å². The second kappa shape index (κ2) is 9.37. The van der Waals surface area contributed by atoms with Crippen LogP contribution in [0, 0.1) is 5.41 Å². The van der Waals surface area contributed by atoms with Crippen molar-refractivity contribution < 1.29 is 19.1 Å². The van der Waals surface area contributed by atoms with Crippen LogP contribution < -0.4 is 0 Å². The summed E-state index contributed by atoms with van der Waals surface area (Å²) < 4.78 is 12.4. The Bertz CT molecular complexity index is 1420. The Morgan fingerprint density at radius 2 is 1.10 bits per heavy atom. The van der Waals surface area contributed by atoms with Gasteiger partial charge in [-0.3, -0.25) is 0 Å². The van der Waals surface area contributed by atoms with Gasteiger partial charge >= 0.3 is 11.9 Å². The Kier molecular flexibility index (Phi) is 6.10. The van der Waals surface area contributed by atoms with Gasteiger partial charge in [-0.05, 0) is 71.1 Å². The van der Waals surface area contributed by atoms with Gasteiger partial charge in [0.1, 0.15) is 0 Å². The predicted molar refractivity (Wildman–Crippen MR) is 153 cm³/mol. The third kappa shape index (κ3) is 4.23. The van der Waals surface area contributed by atoms with E-state index in [1.165, 1.54) is 11.1 Å². The number of benzene rings is 3. The summed E-state index contributed by atoms with van der Waals surface area (Å²) in [6.45, 7) is 8.65. The first-order valence-electron chi connectivity index (χ1n) is 13.9. The molecule has 0 aromatic heterocycles. The molecule has 3 aromatic carbocycles. The maximum Gasteiger partial charge on any atom is 0.337 e. The Balaban J connectivity index is 1.40. The molecule has 0 bridgehead atoms. The van der Waals surface area contributed by atoms with E-state index in [1.807, 2.05) is 60.7 Å². The van der Waals surface area contributed by atoms with Crippen molar-refractivity contribution in [2.45, 2.75) is 64.6 Å². The maximum atomic E-state index is 13.4. The highest BCUT2D eigenvalue weighted by Gasteiger charge is 2.69. The van der Waals surface area contributed by atoms with Crippen LogP contribution in [0.4, 0.5) is 0 Å². The van der Waals surface area contributed by atoms with Gasteiger partial charge in [0, 0.05) is 16.7 Å². The van der Waals surface area contributed by atoms with E-state index in [0.29, 0.717) is 42.2 Å². The molecule has 6 rings (SSSR count). The van der Waals surface area contributed by atoms with Gasteiger partial charge in [-0.15, -0.1) is 0 Å². The molecule has 4 heteroatoms. The van der Waals surface area contributed by atoms with Gasteiger partial charge in [0.2, 0.25) is 0 Å². The first-order valence-corrected chi connectivity index (χ1v) is 13.9. The minimum atomic E-state index is -1.41. The molecule has 3 aromatic rings. The van der Waals surface area contributed by atoms with Gasteiger partial charge in [0.25, 0.3) is 5.79 Å². The molecule has 3 aliphatic rings. The molecule has 39 heavy (non-hydrogen) atoms. The van der Waals surface area contributed by atoms with E-state index in [0.717, 1.165) is 22.3 Å². The molecule has 0 unspecified atom stereocenters. The first-order chi connectivity index (χ1) is 18.7. The second-order valence-electron chi connectivity index (χ2n) is 11.8. The summed E-state index contributed by atoms with van der Waals surface area (Å²) in [5.41, 5.74) is 6.87. The lowest BCUT2D eigenvalue weighted by Crippen LogP contribution is -2.56. The number of hydrogen-bond donors (Lipinski definition) is 0. The molecule has 4 nitrogen and oxygen atoms in total. The summed E-state index contributed by atoms with van der Waals surface area (Å²) in [5.74, 6) is -1.40. The summed E-state index contributed by atoms with van der Waals surface area (Å²) in [6, 6.07) is 24.5. The number of fused-ring (bicyclic) bond motifs is 1. The summed E-state index contributed by atoms with van der Waals surface area (Å²) in [7, 11) is 0. The van der Waals surface area contributed by atoms with Crippen molar-refractivity contribution in [3.05, 3.63) is 117 Å². The summed E-state index contributed by atoms with van der Waals surface area (Å²) in [6.07, 6.45) is 5.45. The van der Waals surface area contributed by atoms with Crippen LogP contribution in [-0.2, 0) is 31.3 Å². The molecule has 2 aliphatic heterocycles. The van der Waals surface area contributed by atoms with Gasteiger partial charge in [-0.1, -0.05) is 100 Å². The molecule has 2 saturated heterocycles. The zero-order valence-corrected chi connectivity index (χ0v) is 23.0. The third-order valence-corrected chi connectivity index (χ3v) is 8.54. The lowest BCUT2D eigenvalue weighted by Gasteiger charge is -2.50. The normalized spacial score (nSPS) is 25.9. The van der Waals surface area contributed by atoms with Gasteiger partial charge in [0.05, 0.1) is 5.41 Å². The van der Waals surface area contributed by atoms with Crippen LogP contribution in [0.5, 0.6) is 0 Å². The smallest absolute Gasteiger partial charge is 0.337 e. The largest absolute Gasteiger partial charge is 0.414 e. The molecule has 0 spiro atoms. The van der Waals surface area contributed by atoms with E-state index >= 15 is 0 Å². The first kappa shape index (κ1) is 25.4. The molecule has 2 fully saturated rings. The van der Waals surface area contributed by atoms with E-state index in [4.69, 9.17) is 9.47 Å². The monoisotopic (exact) mass is 518 g/mol. The maximum absolute atomic E-state index is 13.4. The van der Waals surface area contributed by atoms with Crippen molar-refractivity contribution in [1.29, 1.82) is 0 Å². The van der Waals surface area contributed by atoms with Crippen molar-refractivity contribution in [2.75, 3.05) is 0 Å². The minimum absolute atomic E-state index is 0.431. The number of carbonyl (C=O) groups excluding carboxylic acids is 2. The zero-order valence-electron chi connectivity index (χ0n) is 23.0. The van der Waals surface area contributed by atoms with E-state index in [2.05, 4.69) is 52.0 Å². The quantitative estimate of drug-likeness (QED) is 0.262. The van der Waals surface area contributed by atoms with Crippen LogP contribution in [0.25, 0.3) is 12.2 Å². The SMILES string of the molecule is CC(C)c1ccc(/C=C2\CC34C/C(=C\c5ccc(C(C)C)cc5)C(=O)OC3(OC2=O)c2ccccc2C4)cc1. The van der Waals surface area contributed by atoms with E-state index in [-0.39, 0.29) is 0 Å². The molecule has 0 atom stereocenters. The average molecular weight is 519 g/mol. The Morgan fingerprint density at radius 1 is 0.641 bits per heavy atom. The number of carbonyl (C=O) groups is 2. The second-order valence-corrected chi connectivity index (χ2v) is 11.8. The van der Waals surface area contributed by atoms with Gasteiger partial charge in [-0.2, -0.15) is 0 Å². The molecule has 0 radical (unpaired) electrons. The third-order valence-electron chi connectivity index (χ3n) is 8.54.